The van der Waals surface area contributed by atoms with E-state index in [1.165, 1.54) is 6.07 Å². The van der Waals surface area contributed by atoms with E-state index in [1.807, 2.05) is 0 Å². The number of aryl methyl sites for hydroxylation is 1. The molecule has 0 unspecified atom stereocenters. The first-order valence-corrected chi connectivity index (χ1v) is 4.96. The zero-order valence-corrected chi connectivity index (χ0v) is 9.55. The number of ketones is 2. The van der Waals surface area contributed by atoms with Gasteiger partial charge in [0.25, 0.3) is 0 Å². The predicted molar refractivity (Wildman–Crippen MR) is 57.7 cm³/mol. The molecule has 4 nitrogen and oxygen atoms in total. The molecule has 0 saturated heterocycles. The number of carboxylic acid groups (broad SMARTS) is 1. The standard InChI is InChI=1S/C11H8ClFO4/c1-5-2-3-6(13)9(10(5)12)7(14)4-8(15)11(16)17/h2-3H,4H2,1H3,(H,16,17). The first-order valence-electron chi connectivity index (χ1n) is 4.58. The van der Waals surface area contributed by atoms with Crippen molar-refractivity contribution in [3.05, 3.63) is 34.1 Å². The van der Waals surface area contributed by atoms with Gasteiger partial charge in [0.05, 0.1) is 17.0 Å². The second-order valence-corrected chi connectivity index (χ2v) is 3.76. The van der Waals surface area contributed by atoms with Gasteiger partial charge in [0.15, 0.2) is 5.78 Å². The molecule has 1 N–H and O–H groups in total. The highest BCUT2D eigenvalue weighted by Gasteiger charge is 2.23. The van der Waals surface area contributed by atoms with Gasteiger partial charge in [-0.3, -0.25) is 9.59 Å². The number of carbonyl (C=O) groups is 3. The lowest BCUT2D eigenvalue weighted by Gasteiger charge is -2.06. The van der Waals surface area contributed by atoms with E-state index in [4.69, 9.17) is 16.7 Å². The van der Waals surface area contributed by atoms with Gasteiger partial charge in [-0.05, 0) is 18.6 Å². The molecule has 0 radical (unpaired) electrons. The molecule has 0 aromatic heterocycles. The quantitative estimate of drug-likeness (QED) is 0.509. The Morgan fingerprint density at radius 3 is 2.47 bits per heavy atom. The summed E-state index contributed by atoms with van der Waals surface area (Å²) in [7, 11) is 0. The Kier molecular flexibility index (Phi) is 3.96. The minimum absolute atomic E-state index is 0.104. The van der Waals surface area contributed by atoms with E-state index in [2.05, 4.69) is 0 Å². The lowest BCUT2D eigenvalue weighted by Crippen LogP contribution is -2.18. The first-order chi connectivity index (χ1) is 7.84. The maximum absolute atomic E-state index is 13.4. The van der Waals surface area contributed by atoms with Crippen LogP contribution in [0.2, 0.25) is 5.02 Å². The normalized spacial score (nSPS) is 10.1. The fourth-order valence-corrected chi connectivity index (χ4v) is 1.48. The van der Waals surface area contributed by atoms with E-state index in [0.717, 1.165) is 6.07 Å². The van der Waals surface area contributed by atoms with Crippen LogP contribution in [0.1, 0.15) is 22.3 Å². The largest absolute Gasteiger partial charge is 0.475 e. The molecule has 0 spiro atoms. The molecule has 0 bridgehead atoms. The van der Waals surface area contributed by atoms with E-state index in [1.54, 1.807) is 6.92 Å². The van der Waals surface area contributed by atoms with Gasteiger partial charge in [0.2, 0.25) is 5.78 Å². The number of hydrogen-bond acceptors (Lipinski definition) is 3. The molecule has 0 aliphatic carbocycles. The molecule has 0 amide bonds. The Morgan fingerprint density at radius 2 is 1.94 bits per heavy atom. The van der Waals surface area contributed by atoms with E-state index < -0.39 is 35.3 Å². The number of carboxylic acids is 1. The van der Waals surface area contributed by atoms with Crippen LogP contribution in [-0.2, 0) is 9.59 Å². The zero-order chi connectivity index (χ0) is 13.2. The number of rotatable bonds is 4. The van der Waals surface area contributed by atoms with Crippen LogP contribution in [0.5, 0.6) is 0 Å². The van der Waals surface area contributed by atoms with E-state index in [-0.39, 0.29) is 5.02 Å². The van der Waals surface area contributed by atoms with Crippen LogP contribution in [0.3, 0.4) is 0 Å². The monoisotopic (exact) mass is 258 g/mol. The van der Waals surface area contributed by atoms with Crippen molar-refractivity contribution < 1.29 is 23.9 Å². The molecule has 1 rings (SSSR count). The summed E-state index contributed by atoms with van der Waals surface area (Å²) in [6.45, 7) is 1.57. The van der Waals surface area contributed by atoms with Crippen molar-refractivity contribution in [3.63, 3.8) is 0 Å². The predicted octanol–water partition coefficient (Wildman–Crippen LogP) is 2.01. The van der Waals surface area contributed by atoms with E-state index >= 15 is 0 Å². The van der Waals surface area contributed by atoms with Gasteiger partial charge >= 0.3 is 5.97 Å². The zero-order valence-electron chi connectivity index (χ0n) is 8.79. The summed E-state index contributed by atoms with van der Waals surface area (Å²) in [5.74, 6) is -4.85. The Balaban J connectivity index is 3.09. The van der Waals surface area contributed by atoms with Crippen molar-refractivity contribution in [2.24, 2.45) is 0 Å². The van der Waals surface area contributed by atoms with Gasteiger partial charge in [-0.25, -0.2) is 9.18 Å². The van der Waals surface area contributed by atoms with Gasteiger partial charge in [-0.2, -0.15) is 0 Å². The molecule has 0 fully saturated rings. The second kappa shape index (κ2) is 5.05. The molecule has 1 aromatic carbocycles. The molecule has 0 heterocycles. The Bertz CT molecular complexity index is 510. The van der Waals surface area contributed by atoms with Crippen molar-refractivity contribution in [1.82, 2.24) is 0 Å². The Morgan fingerprint density at radius 1 is 1.35 bits per heavy atom. The van der Waals surface area contributed by atoms with Gasteiger partial charge in [-0.15, -0.1) is 0 Å². The number of hydrogen-bond donors (Lipinski definition) is 1. The highest BCUT2D eigenvalue weighted by atomic mass is 35.5. The third kappa shape index (κ3) is 2.88. The summed E-state index contributed by atoms with van der Waals surface area (Å²) in [6.07, 6.45) is -0.907. The maximum Gasteiger partial charge on any atom is 0.372 e. The Labute approximate surface area is 101 Å². The molecule has 1 aromatic rings. The third-order valence-electron chi connectivity index (χ3n) is 2.12. The van der Waals surface area contributed by atoms with Crippen molar-refractivity contribution in [1.29, 1.82) is 0 Å². The topological polar surface area (TPSA) is 71.4 Å². The SMILES string of the molecule is Cc1ccc(F)c(C(=O)CC(=O)C(=O)O)c1Cl. The molecular weight excluding hydrogens is 251 g/mol. The van der Waals surface area contributed by atoms with Crippen molar-refractivity contribution in [2.45, 2.75) is 13.3 Å². The second-order valence-electron chi connectivity index (χ2n) is 3.38. The van der Waals surface area contributed by atoms with Crippen molar-refractivity contribution >= 4 is 29.1 Å². The summed E-state index contributed by atoms with van der Waals surface area (Å²) in [5, 5.41) is 8.24. The van der Waals surface area contributed by atoms with Gasteiger partial charge in [0.1, 0.15) is 5.82 Å². The summed E-state index contributed by atoms with van der Waals surface area (Å²) in [6, 6.07) is 2.42. The molecule has 0 aliphatic heterocycles. The minimum Gasteiger partial charge on any atom is -0.475 e. The van der Waals surface area contributed by atoms with Gasteiger partial charge < -0.3 is 5.11 Å². The van der Waals surface area contributed by atoms with Crippen LogP contribution < -0.4 is 0 Å². The summed E-state index contributed by atoms with van der Waals surface area (Å²) in [5.41, 5.74) is 0.0282. The average molecular weight is 259 g/mol. The van der Waals surface area contributed by atoms with Crippen molar-refractivity contribution in [3.8, 4) is 0 Å². The van der Waals surface area contributed by atoms with Crippen LogP contribution in [0.25, 0.3) is 0 Å². The number of carbonyl (C=O) groups excluding carboxylic acids is 2. The summed E-state index contributed by atoms with van der Waals surface area (Å²) in [4.78, 5) is 32.7. The average Bonchev–Trinajstić information content (AvgIpc) is 2.24. The lowest BCUT2D eigenvalue weighted by atomic mass is 10.0. The smallest absolute Gasteiger partial charge is 0.372 e. The Hall–Kier alpha value is -1.75. The summed E-state index contributed by atoms with van der Waals surface area (Å²) >= 11 is 5.74. The van der Waals surface area contributed by atoms with Crippen LogP contribution in [0, 0.1) is 12.7 Å². The fourth-order valence-electron chi connectivity index (χ4n) is 1.22. The fraction of sp³-hybridized carbons (Fsp3) is 0.182. The molecule has 0 atom stereocenters. The van der Waals surface area contributed by atoms with Gasteiger partial charge in [0, 0.05) is 0 Å². The highest BCUT2D eigenvalue weighted by molar-refractivity contribution is 6.39. The van der Waals surface area contributed by atoms with E-state index in [0.29, 0.717) is 5.56 Å². The molecule has 90 valence electrons. The van der Waals surface area contributed by atoms with E-state index in [9.17, 15) is 18.8 Å². The number of Topliss-reactive ketones (excluding diaryl/α,β-unsaturated/α-hetero) is 2. The maximum atomic E-state index is 13.4. The lowest BCUT2D eigenvalue weighted by molar-refractivity contribution is -0.148. The van der Waals surface area contributed by atoms with Crippen LogP contribution in [-0.4, -0.2) is 22.6 Å². The number of benzene rings is 1. The molecule has 17 heavy (non-hydrogen) atoms. The minimum atomic E-state index is -1.73. The number of aliphatic carboxylic acids is 1. The number of halogens is 2. The molecular formula is C11H8ClFO4. The highest BCUT2D eigenvalue weighted by Crippen LogP contribution is 2.24. The molecule has 0 saturated carbocycles. The first kappa shape index (κ1) is 13.3. The third-order valence-corrected chi connectivity index (χ3v) is 2.61. The molecule has 6 heteroatoms. The van der Waals surface area contributed by atoms with Crippen LogP contribution >= 0.6 is 11.6 Å². The van der Waals surface area contributed by atoms with Crippen LogP contribution in [0.4, 0.5) is 4.39 Å². The van der Waals surface area contributed by atoms with Crippen molar-refractivity contribution in [2.75, 3.05) is 0 Å². The van der Waals surface area contributed by atoms with Gasteiger partial charge in [-0.1, -0.05) is 17.7 Å². The molecule has 0 aliphatic rings. The summed E-state index contributed by atoms with van der Waals surface area (Å²) < 4.78 is 13.4. The van der Waals surface area contributed by atoms with Crippen LogP contribution in [0.15, 0.2) is 12.1 Å².